The minimum atomic E-state index is -0.253. The zero-order valence-corrected chi connectivity index (χ0v) is 14.8. The number of imidazole rings is 1. The zero-order chi connectivity index (χ0) is 17.4. The van der Waals surface area contributed by atoms with Gasteiger partial charge in [0.25, 0.3) is 0 Å². The Morgan fingerprint density at radius 2 is 1.88 bits per heavy atom. The molecule has 0 fully saturated rings. The molecule has 0 saturated carbocycles. The second-order valence-electron chi connectivity index (χ2n) is 5.91. The second kappa shape index (κ2) is 6.33. The van der Waals surface area contributed by atoms with Gasteiger partial charge >= 0.3 is 0 Å². The molecule has 0 saturated heterocycles. The van der Waals surface area contributed by atoms with Crippen LogP contribution >= 0.6 is 11.3 Å². The van der Waals surface area contributed by atoms with Crippen LogP contribution in [0.3, 0.4) is 0 Å². The Morgan fingerprint density at radius 1 is 1.08 bits per heavy atom. The van der Waals surface area contributed by atoms with E-state index in [2.05, 4.69) is 23.6 Å². The molecule has 0 aliphatic carbocycles. The zero-order valence-electron chi connectivity index (χ0n) is 14.0. The standard InChI is InChI=1S/C20H17FN2OS/c1-13-3-10-19(25-13)20-22-17-9-6-15(21)11-18(17)23(20)12-14-4-7-16(24-2)8-5-14/h3-11H,12H2,1-2H3. The molecule has 5 heteroatoms. The minimum Gasteiger partial charge on any atom is -0.497 e. The number of fused-ring (bicyclic) bond motifs is 1. The van der Waals surface area contributed by atoms with Crippen molar-refractivity contribution < 1.29 is 9.13 Å². The summed E-state index contributed by atoms with van der Waals surface area (Å²) in [5.41, 5.74) is 2.71. The van der Waals surface area contributed by atoms with E-state index in [0.717, 1.165) is 33.0 Å². The van der Waals surface area contributed by atoms with Crippen LogP contribution in [0.5, 0.6) is 5.75 Å². The summed E-state index contributed by atoms with van der Waals surface area (Å²) < 4.78 is 21.1. The van der Waals surface area contributed by atoms with Gasteiger partial charge in [-0.15, -0.1) is 11.3 Å². The quantitative estimate of drug-likeness (QED) is 0.500. The van der Waals surface area contributed by atoms with Crippen molar-refractivity contribution in [1.82, 2.24) is 9.55 Å². The Bertz CT molecular complexity index is 1030. The molecule has 126 valence electrons. The largest absolute Gasteiger partial charge is 0.497 e. The topological polar surface area (TPSA) is 27.1 Å². The van der Waals surface area contributed by atoms with Crippen LogP contribution in [0.2, 0.25) is 0 Å². The molecule has 0 N–H and O–H groups in total. The van der Waals surface area contributed by atoms with Crippen molar-refractivity contribution in [3.05, 3.63) is 70.9 Å². The van der Waals surface area contributed by atoms with E-state index >= 15 is 0 Å². The van der Waals surface area contributed by atoms with E-state index in [0.29, 0.717) is 6.54 Å². The number of benzene rings is 2. The molecule has 3 nitrogen and oxygen atoms in total. The SMILES string of the molecule is COc1ccc(Cn2c(-c3ccc(C)s3)nc3ccc(F)cc32)cc1. The van der Waals surface area contributed by atoms with Gasteiger partial charge in [-0.3, -0.25) is 0 Å². The van der Waals surface area contributed by atoms with Crippen molar-refractivity contribution in [1.29, 1.82) is 0 Å². The molecule has 0 atom stereocenters. The van der Waals surface area contributed by atoms with Crippen LogP contribution in [0.4, 0.5) is 4.39 Å². The Kier molecular flexibility index (Phi) is 4.01. The highest BCUT2D eigenvalue weighted by Gasteiger charge is 2.15. The third kappa shape index (κ3) is 3.03. The number of aryl methyl sites for hydroxylation is 1. The van der Waals surface area contributed by atoms with E-state index in [9.17, 15) is 4.39 Å². The van der Waals surface area contributed by atoms with E-state index in [4.69, 9.17) is 9.72 Å². The number of hydrogen-bond acceptors (Lipinski definition) is 3. The lowest BCUT2D eigenvalue weighted by Crippen LogP contribution is -2.02. The lowest BCUT2D eigenvalue weighted by molar-refractivity contribution is 0.414. The van der Waals surface area contributed by atoms with E-state index in [1.807, 2.05) is 24.3 Å². The van der Waals surface area contributed by atoms with Gasteiger partial charge in [-0.2, -0.15) is 0 Å². The lowest BCUT2D eigenvalue weighted by Gasteiger charge is -2.09. The summed E-state index contributed by atoms with van der Waals surface area (Å²) >= 11 is 1.69. The van der Waals surface area contributed by atoms with Gasteiger partial charge in [-0.1, -0.05) is 12.1 Å². The molecule has 0 aliphatic rings. The first-order chi connectivity index (χ1) is 12.1. The number of thiophene rings is 1. The predicted molar refractivity (Wildman–Crippen MR) is 99.8 cm³/mol. The van der Waals surface area contributed by atoms with Crippen molar-refractivity contribution in [3.63, 3.8) is 0 Å². The van der Waals surface area contributed by atoms with Gasteiger partial charge in [-0.05, 0) is 55.0 Å². The van der Waals surface area contributed by atoms with Gasteiger partial charge in [0.2, 0.25) is 0 Å². The normalized spacial score (nSPS) is 11.2. The molecular weight excluding hydrogens is 335 g/mol. The van der Waals surface area contributed by atoms with E-state index in [1.165, 1.54) is 10.9 Å². The van der Waals surface area contributed by atoms with Gasteiger partial charge in [0.1, 0.15) is 11.6 Å². The van der Waals surface area contributed by atoms with E-state index in [1.54, 1.807) is 30.6 Å². The first-order valence-electron chi connectivity index (χ1n) is 7.99. The van der Waals surface area contributed by atoms with Crippen molar-refractivity contribution >= 4 is 22.4 Å². The van der Waals surface area contributed by atoms with Crippen molar-refractivity contribution in [3.8, 4) is 16.5 Å². The van der Waals surface area contributed by atoms with Crippen LogP contribution in [-0.2, 0) is 6.54 Å². The van der Waals surface area contributed by atoms with Crippen LogP contribution in [0.25, 0.3) is 21.7 Å². The fourth-order valence-corrected chi connectivity index (χ4v) is 3.78. The molecular formula is C20H17FN2OS. The molecule has 0 bridgehead atoms. The second-order valence-corrected chi connectivity index (χ2v) is 7.20. The highest BCUT2D eigenvalue weighted by Crippen LogP contribution is 2.31. The smallest absolute Gasteiger partial charge is 0.151 e. The third-order valence-electron chi connectivity index (χ3n) is 4.17. The molecule has 4 rings (SSSR count). The summed E-state index contributed by atoms with van der Waals surface area (Å²) in [5, 5.41) is 0. The average molecular weight is 352 g/mol. The third-order valence-corrected chi connectivity index (χ3v) is 5.17. The average Bonchev–Trinajstić information content (AvgIpc) is 3.19. The summed E-state index contributed by atoms with van der Waals surface area (Å²) in [5.74, 6) is 1.44. The molecule has 4 aromatic rings. The molecule has 2 heterocycles. The maximum absolute atomic E-state index is 13.8. The fraction of sp³-hybridized carbons (Fsp3) is 0.150. The van der Waals surface area contributed by atoms with Crippen molar-refractivity contribution in [2.75, 3.05) is 7.11 Å². The fourth-order valence-electron chi connectivity index (χ4n) is 2.91. The first kappa shape index (κ1) is 15.8. The van der Waals surface area contributed by atoms with E-state index < -0.39 is 0 Å². The van der Waals surface area contributed by atoms with Crippen molar-refractivity contribution in [2.45, 2.75) is 13.5 Å². The molecule has 2 aromatic heterocycles. The lowest BCUT2D eigenvalue weighted by atomic mass is 10.2. The number of nitrogens with zero attached hydrogens (tertiary/aromatic N) is 2. The molecule has 0 radical (unpaired) electrons. The van der Waals surface area contributed by atoms with Gasteiger partial charge in [0, 0.05) is 11.4 Å². The Morgan fingerprint density at radius 3 is 2.56 bits per heavy atom. The van der Waals surface area contributed by atoms with Crippen LogP contribution in [0, 0.1) is 12.7 Å². The highest BCUT2D eigenvalue weighted by molar-refractivity contribution is 7.15. The van der Waals surface area contributed by atoms with Gasteiger partial charge in [0.15, 0.2) is 5.82 Å². The maximum Gasteiger partial charge on any atom is 0.151 e. The number of ether oxygens (including phenoxy) is 1. The first-order valence-corrected chi connectivity index (χ1v) is 8.81. The Balaban J connectivity index is 1.85. The van der Waals surface area contributed by atoms with Crippen LogP contribution in [0.15, 0.2) is 54.6 Å². The molecule has 0 spiro atoms. The van der Waals surface area contributed by atoms with Gasteiger partial charge in [-0.25, -0.2) is 9.37 Å². The molecule has 2 aromatic carbocycles. The summed E-state index contributed by atoms with van der Waals surface area (Å²) in [4.78, 5) is 7.06. The number of aromatic nitrogens is 2. The summed E-state index contributed by atoms with van der Waals surface area (Å²) in [6.07, 6.45) is 0. The number of halogens is 1. The van der Waals surface area contributed by atoms with Crippen molar-refractivity contribution in [2.24, 2.45) is 0 Å². The highest BCUT2D eigenvalue weighted by atomic mass is 32.1. The van der Waals surface area contributed by atoms with Crippen LogP contribution in [0.1, 0.15) is 10.4 Å². The van der Waals surface area contributed by atoms with E-state index in [-0.39, 0.29) is 5.82 Å². The Labute approximate surface area is 149 Å². The number of hydrogen-bond donors (Lipinski definition) is 0. The summed E-state index contributed by atoms with van der Waals surface area (Å²) in [7, 11) is 1.65. The van der Waals surface area contributed by atoms with Gasteiger partial charge in [0.05, 0.1) is 23.0 Å². The minimum absolute atomic E-state index is 0.253. The maximum atomic E-state index is 13.8. The molecule has 0 unspecified atom stereocenters. The number of methoxy groups -OCH3 is 1. The number of rotatable bonds is 4. The van der Waals surface area contributed by atoms with Crippen LogP contribution in [-0.4, -0.2) is 16.7 Å². The summed E-state index contributed by atoms with van der Waals surface area (Å²) in [6, 6.07) is 16.8. The molecule has 0 aliphatic heterocycles. The molecule has 0 amide bonds. The molecule has 25 heavy (non-hydrogen) atoms. The van der Waals surface area contributed by atoms with Gasteiger partial charge < -0.3 is 9.30 Å². The monoisotopic (exact) mass is 352 g/mol. The predicted octanol–water partition coefficient (Wildman–Crippen LogP) is 5.27. The summed E-state index contributed by atoms with van der Waals surface area (Å²) in [6.45, 7) is 2.69. The Hall–Kier alpha value is -2.66. The van der Waals surface area contributed by atoms with Crippen LogP contribution < -0.4 is 4.74 Å².